The predicted octanol–water partition coefficient (Wildman–Crippen LogP) is 5.46. The molecule has 2 aliphatic rings. The van der Waals surface area contributed by atoms with Crippen LogP contribution in [0.15, 0.2) is 23.2 Å². The smallest absolute Gasteiger partial charge is 0.161 e. The zero-order valence-electron chi connectivity index (χ0n) is 11.3. The van der Waals surface area contributed by atoms with Gasteiger partial charge >= 0.3 is 0 Å². The first-order valence-corrected chi connectivity index (χ1v) is 8.80. The van der Waals surface area contributed by atoms with Crippen LogP contribution in [-0.4, -0.2) is 17.5 Å². The topological polar surface area (TPSA) is 24.4 Å². The van der Waals surface area contributed by atoms with Crippen molar-refractivity contribution < 1.29 is 0 Å². The lowest BCUT2D eigenvalue weighted by molar-refractivity contribution is 0.232. The van der Waals surface area contributed by atoms with Crippen LogP contribution in [0, 0.1) is 5.41 Å². The molecular formula is C15H18Cl2N2S. The second-order valence-electron chi connectivity index (χ2n) is 5.75. The lowest BCUT2D eigenvalue weighted by Crippen LogP contribution is -2.35. The maximum Gasteiger partial charge on any atom is 0.161 e. The van der Waals surface area contributed by atoms with Gasteiger partial charge in [0.15, 0.2) is 5.17 Å². The van der Waals surface area contributed by atoms with Gasteiger partial charge in [0.05, 0.1) is 0 Å². The molecule has 0 radical (unpaired) electrons. The number of thioether (sulfide) groups is 1. The third-order valence-electron chi connectivity index (χ3n) is 4.10. The first-order chi connectivity index (χ1) is 9.65. The molecule has 1 aromatic carbocycles. The van der Waals surface area contributed by atoms with Gasteiger partial charge in [-0.2, -0.15) is 0 Å². The molecule has 5 heteroatoms. The summed E-state index contributed by atoms with van der Waals surface area (Å²) in [5.41, 5.74) is 1.37. The summed E-state index contributed by atoms with van der Waals surface area (Å²) in [5, 5.41) is 5.60. The Kier molecular flexibility index (Phi) is 4.49. The highest BCUT2D eigenvalue weighted by molar-refractivity contribution is 8.14. The molecule has 1 aliphatic heterocycles. The zero-order valence-corrected chi connectivity index (χ0v) is 13.6. The maximum atomic E-state index is 6.01. The molecule has 0 saturated heterocycles. The molecule has 0 atom stereocenters. The summed E-state index contributed by atoms with van der Waals surface area (Å²) in [6.45, 7) is 0.955. The minimum Gasteiger partial charge on any atom is -0.335 e. The number of hydrogen-bond acceptors (Lipinski definition) is 3. The fraction of sp³-hybridized carbons (Fsp3) is 0.533. The van der Waals surface area contributed by atoms with Crippen molar-refractivity contribution in [3.05, 3.63) is 28.2 Å². The van der Waals surface area contributed by atoms with Crippen LogP contribution in [0.2, 0.25) is 10.0 Å². The number of benzene rings is 1. The Morgan fingerprint density at radius 2 is 1.75 bits per heavy atom. The molecule has 1 spiro atoms. The molecule has 1 saturated carbocycles. The number of aliphatic imine (C=N–C) groups is 1. The van der Waals surface area contributed by atoms with Gasteiger partial charge in [-0.25, -0.2) is 0 Å². The Morgan fingerprint density at radius 3 is 2.35 bits per heavy atom. The summed E-state index contributed by atoms with van der Waals surface area (Å²) in [6, 6.07) is 5.49. The third-order valence-corrected chi connectivity index (χ3v) is 5.80. The van der Waals surface area contributed by atoms with E-state index < -0.39 is 0 Å². The lowest BCUT2D eigenvalue weighted by atomic mass is 9.75. The number of nitrogens with zero attached hydrogens (tertiary/aromatic N) is 1. The van der Waals surface area contributed by atoms with E-state index in [1.54, 1.807) is 6.07 Å². The van der Waals surface area contributed by atoms with E-state index in [1.807, 2.05) is 23.9 Å². The van der Waals surface area contributed by atoms with E-state index in [0.717, 1.165) is 17.4 Å². The Hall–Kier alpha value is -0.380. The first-order valence-electron chi connectivity index (χ1n) is 7.06. The van der Waals surface area contributed by atoms with Gasteiger partial charge in [-0.1, -0.05) is 54.2 Å². The number of halogens is 2. The lowest BCUT2D eigenvalue weighted by Gasteiger charge is -2.38. The average molecular weight is 329 g/mol. The Labute approximate surface area is 134 Å². The van der Waals surface area contributed by atoms with Crippen molar-refractivity contribution in [3.8, 4) is 0 Å². The van der Waals surface area contributed by atoms with Crippen molar-refractivity contribution in [3.63, 3.8) is 0 Å². The van der Waals surface area contributed by atoms with Crippen LogP contribution in [0.5, 0.6) is 0 Å². The van der Waals surface area contributed by atoms with Crippen molar-refractivity contribution in [2.75, 3.05) is 17.6 Å². The molecule has 1 N–H and O–H groups in total. The minimum atomic E-state index is 0.458. The van der Waals surface area contributed by atoms with Gasteiger partial charge in [0.1, 0.15) is 0 Å². The second-order valence-corrected chi connectivity index (χ2v) is 7.59. The van der Waals surface area contributed by atoms with Gasteiger partial charge in [-0.15, -0.1) is 0 Å². The predicted molar refractivity (Wildman–Crippen MR) is 90.4 cm³/mol. The maximum absolute atomic E-state index is 6.01. The Bertz CT molecular complexity index is 504. The van der Waals surface area contributed by atoms with Crippen molar-refractivity contribution in [1.29, 1.82) is 0 Å². The van der Waals surface area contributed by atoms with E-state index in [2.05, 4.69) is 5.32 Å². The summed E-state index contributed by atoms with van der Waals surface area (Å²) in [4.78, 5) is 4.74. The molecule has 0 unspecified atom stereocenters. The van der Waals surface area contributed by atoms with E-state index in [-0.39, 0.29) is 0 Å². The molecule has 1 aromatic rings. The molecule has 3 rings (SSSR count). The van der Waals surface area contributed by atoms with Crippen molar-refractivity contribution in [1.82, 2.24) is 0 Å². The Morgan fingerprint density at radius 1 is 1.05 bits per heavy atom. The van der Waals surface area contributed by atoms with Gasteiger partial charge in [-0.05, 0) is 36.5 Å². The van der Waals surface area contributed by atoms with Crippen molar-refractivity contribution in [2.24, 2.45) is 10.4 Å². The highest BCUT2D eigenvalue weighted by Crippen LogP contribution is 2.42. The Balaban J connectivity index is 1.67. The molecule has 2 nitrogen and oxygen atoms in total. The van der Waals surface area contributed by atoms with Crippen molar-refractivity contribution >= 4 is 45.8 Å². The normalized spacial score (nSPS) is 21.6. The van der Waals surface area contributed by atoms with Gasteiger partial charge in [0.2, 0.25) is 0 Å². The van der Waals surface area contributed by atoms with E-state index in [9.17, 15) is 0 Å². The number of anilines is 1. The van der Waals surface area contributed by atoms with Gasteiger partial charge in [0, 0.05) is 28.0 Å². The van der Waals surface area contributed by atoms with Crippen LogP contribution in [0.1, 0.15) is 32.1 Å². The highest BCUT2D eigenvalue weighted by atomic mass is 35.5. The van der Waals surface area contributed by atoms with Crippen LogP contribution in [0.25, 0.3) is 0 Å². The van der Waals surface area contributed by atoms with Crippen LogP contribution >= 0.6 is 35.0 Å². The number of amidine groups is 1. The molecule has 0 bridgehead atoms. The van der Waals surface area contributed by atoms with E-state index in [0.29, 0.717) is 15.5 Å². The number of nitrogens with one attached hydrogen (secondary N) is 1. The quantitative estimate of drug-likeness (QED) is 0.740. The molecule has 1 fully saturated rings. The van der Waals surface area contributed by atoms with E-state index in [4.69, 9.17) is 28.2 Å². The van der Waals surface area contributed by atoms with Gasteiger partial charge in [0.25, 0.3) is 0 Å². The average Bonchev–Trinajstić information content (AvgIpc) is 2.42. The molecule has 0 aromatic heterocycles. The second kappa shape index (κ2) is 6.17. The molecule has 1 aliphatic carbocycles. The zero-order chi connectivity index (χ0) is 14.0. The van der Waals surface area contributed by atoms with Crippen LogP contribution in [0.3, 0.4) is 0 Å². The third kappa shape index (κ3) is 3.44. The number of hydrogen-bond donors (Lipinski definition) is 1. The fourth-order valence-corrected chi connectivity index (χ4v) is 4.68. The molecular weight excluding hydrogens is 311 g/mol. The minimum absolute atomic E-state index is 0.458. The van der Waals surface area contributed by atoms with Gasteiger partial charge in [-0.3, -0.25) is 4.99 Å². The monoisotopic (exact) mass is 328 g/mol. The molecule has 20 heavy (non-hydrogen) atoms. The fourth-order valence-electron chi connectivity index (χ4n) is 2.98. The summed E-state index contributed by atoms with van der Waals surface area (Å²) < 4.78 is 0. The van der Waals surface area contributed by atoms with E-state index in [1.165, 1.54) is 37.9 Å². The first kappa shape index (κ1) is 14.6. The highest BCUT2D eigenvalue weighted by Gasteiger charge is 2.34. The van der Waals surface area contributed by atoms with Crippen molar-refractivity contribution in [2.45, 2.75) is 32.1 Å². The molecule has 1 heterocycles. The van der Waals surface area contributed by atoms with Crippen LogP contribution in [0.4, 0.5) is 5.69 Å². The van der Waals surface area contributed by atoms with Crippen LogP contribution in [-0.2, 0) is 0 Å². The summed E-state index contributed by atoms with van der Waals surface area (Å²) in [7, 11) is 0. The summed E-state index contributed by atoms with van der Waals surface area (Å²) >= 11 is 13.9. The van der Waals surface area contributed by atoms with Crippen LogP contribution < -0.4 is 5.32 Å². The summed E-state index contributed by atoms with van der Waals surface area (Å²) in [5.74, 6) is 1.17. The standard InChI is InChI=1S/C15H18Cl2N2S/c16-11-6-12(17)8-13(7-11)19-14-18-9-15(10-20-14)4-2-1-3-5-15/h6-8H,1-5,9-10H2,(H,18,19). The molecule has 108 valence electrons. The SMILES string of the molecule is Clc1cc(Cl)cc(NC2=NCC3(CCCCC3)CS2)c1. The number of rotatable bonds is 1. The summed E-state index contributed by atoms with van der Waals surface area (Å²) in [6.07, 6.45) is 6.79. The van der Waals surface area contributed by atoms with E-state index >= 15 is 0 Å². The van der Waals surface area contributed by atoms with Gasteiger partial charge < -0.3 is 5.32 Å². The molecule has 0 amide bonds. The largest absolute Gasteiger partial charge is 0.335 e.